The highest BCUT2D eigenvalue weighted by Gasteiger charge is 2.23. The number of nitrogens with one attached hydrogen (secondary N) is 1. The van der Waals surface area contributed by atoms with Gasteiger partial charge >= 0.3 is 5.97 Å². The Labute approximate surface area is 111 Å². The molecule has 1 rings (SSSR count). The Bertz CT molecular complexity index is 563. The Morgan fingerprint density at radius 1 is 1.37 bits per heavy atom. The molecule has 0 spiro atoms. The summed E-state index contributed by atoms with van der Waals surface area (Å²) in [6, 6.07) is 9.42. The van der Waals surface area contributed by atoms with Crippen LogP contribution < -0.4 is 4.72 Å². The quantitative estimate of drug-likeness (QED) is 0.758. The number of benzene rings is 1. The molecule has 0 radical (unpaired) electrons. The van der Waals surface area contributed by atoms with Crippen LogP contribution in [-0.2, 0) is 21.2 Å². The fraction of sp³-hybridized carbons (Fsp3) is 0.333. The highest BCUT2D eigenvalue weighted by molar-refractivity contribution is 7.89. The van der Waals surface area contributed by atoms with Crippen LogP contribution in [-0.4, -0.2) is 31.3 Å². The monoisotopic (exact) mass is 282 g/mol. The van der Waals surface area contributed by atoms with Crippen molar-refractivity contribution in [1.29, 1.82) is 5.26 Å². The lowest BCUT2D eigenvalue weighted by Crippen LogP contribution is -2.41. The van der Waals surface area contributed by atoms with Gasteiger partial charge in [0.1, 0.15) is 6.04 Å². The number of hydrogen-bond donors (Lipinski definition) is 2. The molecule has 6 nitrogen and oxygen atoms in total. The van der Waals surface area contributed by atoms with Crippen molar-refractivity contribution >= 4 is 16.0 Å². The molecule has 2 N–H and O–H groups in total. The van der Waals surface area contributed by atoms with Gasteiger partial charge in [0.2, 0.25) is 10.0 Å². The number of nitriles is 1. The first kappa shape index (κ1) is 15.1. The average molecular weight is 282 g/mol. The van der Waals surface area contributed by atoms with Crippen molar-refractivity contribution in [2.75, 3.05) is 5.75 Å². The molecule has 7 heteroatoms. The van der Waals surface area contributed by atoms with Gasteiger partial charge in [0.25, 0.3) is 0 Å². The summed E-state index contributed by atoms with van der Waals surface area (Å²) in [5.41, 5.74) is 0.924. The van der Waals surface area contributed by atoms with E-state index in [9.17, 15) is 13.2 Å². The van der Waals surface area contributed by atoms with Gasteiger partial charge in [-0.05, 0) is 18.4 Å². The second-order valence-corrected chi connectivity index (χ2v) is 5.70. The van der Waals surface area contributed by atoms with E-state index in [1.54, 1.807) is 0 Å². The molecule has 1 aromatic carbocycles. The fourth-order valence-corrected chi connectivity index (χ4v) is 2.44. The molecule has 0 aliphatic carbocycles. The second kappa shape index (κ2) is 6.87. The molecular weight excluding hydrogens is 268 g/mol. The van der Waals surface area contributed by atoms with Crippen molar-refractivity contribution in [2.45, 2.75) is 18.9 Å². The van der Waals surface area contributed by atoms with Crippen molar-refractivity contribution in [3.8, 4) is 6.07 Å². The molecule has 0 heterocycles. The van der Waals surface area contributed by atoms with Crippen molar-refractivity contribution in [1.82, 2.24) is 4.72 Å². The smallest absolute Gasteiger partial charge is 0.321 e. The third kappa shape index (κ3) is 5.50. The number of rotatable bonds is 7. The van der Waals surface area contributed by atoms with Crippen molar-refractivity contribution in [3.05, 3.63) is 35.9 Å². The largest absolute Gasteiger partial charge is 0.480 e. The first-order valence-corrected chi connectivity index (χ1v) is 7.23. The molecule has 0 saturated carbocycles. The molecule has 1 aromatic rings. The zero-order chi connectivity index (χ0) is 14.3. The number of carboxylic acids is 1. The van der Waals surface area contributed by atoms with Gasteiger partial charge in [0.05, 0.1) is 6.07 Å². The molecule has 0 aliphatic heterocycles. The normalized spacial score (nSPS) is 12.6. The van der Waals surface area contributed by atoms with Gasteiger partial charge in [-0.1, -0.05) is 30.3 Å². The van der Waals surface area contributed by atoms with E-state index in [0.717, 1.165) is 5.56 Å². The van der Waals surface area contributed by atoms with Crippen LogP contribution in [0.3, 0.4) is 0 Å². The highest BCUT2D eigenvalue weighted by atomic mass is 32.2. The van der Waals surface area contributed by atoms with Crippen LogP contribution in [0.1, 0.15) is 12.0 Å². The van der Waals surface area contributed by atoms with Crippen LogP contribution in [0.5, 0.6) is 0 Å². The van der Waals surface area contributed by atoms with E-state index >= 15 is 0 Å². The van der Waals surface area contributed by atoms with Gasteiger partial charge < -0.3 is 5.11 Å². The third-order valence-electron chi connectivity index (χ3n) is 2.44. The van der Waals surface area contributed by atoms with Gasteiger partial charge in [-0.25, -0.2) is 13.1 Å². The van der Waals surface area contributed by atoms with Crippen molar-refractivity contribution < 1.29 is 18.3 Å². The minimum atomic E-state index is -3.87. The maximum atomic E-state index is 11.4. The number of aryl methyl sites for hydroxylation is 1. The van der Waals surface area contributed by atoms with Crippen LogP contribution in [0.25, 0.3) is 0 Å². The molecule has 0 unspecified atom stereocenters. The highest BCUT2D eigenvalue weighted by Crippen LogP contribution is 2.06. The predicted octanol–water partition coefficient (Wildman–Crippen LogP) is 0.515. The molecule has 0 amide bonds. The number of carboxylic acid groups (broad SMARTS) is 1. The van der Waals surface area contributed by atoms with Gasteiger partial charge in [-0.2, -0.15) is 5.26 Å². The Hall–Kier alpha value is -1.91. The van der Waals surface area contributed by atoms with Gasteiger partial charge in [-0.15, -0.1) is 0 Å². The summed E-state index contributed by atoms with van der Waals surface area (Å²) >= 11 is 0. The summed E-state index contributed by atoms with van der Waals surface area (Å²) in [5, 5.41) is 17.3. The van der Waals surface area contributed by atoms with Crippen LogP contribution in [0.4, 0.5) is 0 Å². The van der Waals surface area contributed by atoms with Crippen molar-refractivity contribution in [2.24, 2.45) is 0 Å². The topological polar surface area (TPSA) is 107 Å². The molecule has 0 bridgehead atoms. The van der Waals surface area contributed by atoms with E-state index < -0.39 is 27.8 Å². The van der Waals surface area contributed by atoms with Crippen LogP contribution in [0.15, 0.2) is 30.3 Å². The lowest BCUT2D eigenvalue weighted by molar-refractivity contribution is -0.139. The summed E-state index contributed by atoms with van der Waals surface area (Å²) in [6.07, 6.45) is 0.566. The molecule has 19 heavy (non-hydrogen) atoms. The number of sulfonamides is 1. The molecule has 0 fully saturated rings. The lowest BCUT2D eigenvalue weighted by Gasteiger charge is -2.13. The van der Waals surface area contributed by atoms with Crippen LogP contribution in [0.2, 0.25) is 0 Å². The maximum Gasteiger partial charge on any atom is 0.321 e. The average Bonchev–Trinajstić information content (AvgIpc) is 2.35. The van der Waals surface area contributed by atoms with E-state index in [1.807, 2.05) is 35.1 Å². The van der Waals surface area contributed by atoms with Crippen molar-refractivity contribution in [3.63, 3.8) is 0 Å². The summed E-state index contributed by atoms with van der Waals surface area (Å²) < 4.78 is 24.7. The number of aliphatic carboxylic acids is 1. The summed E-state index contributed by atoms with van der Waals surface area (Å²) in [7, 11) is -3.87. The summed E-state index contributed by atoms with van der Waals surface area (Å²) in [4.78, 5) is 11.0. The summed E-state index contributed by atoms with van der Waals surface area (Å²) in [5.74, 6) is -2.00. The summed E-state index contributed by atoms with van der Waals surface area (Å²) in [6.45, 7) is 0. The van der Waals surface area contributed by atoms with Gasteiger partial charge in [0, 0.05) is 0 Å². The van der Waals surface area contributed by atoms with E-state index in [-0.39, 0.29) is 6.42 Å². The standard InChI is InChI=1S/C12H14N2O4S/c13-8-9-19(17,18)14-11(12(15)16)7-6-10-4-2-1-3-5-10/h1-5,11,14H,6-7,9H2,(H,15,16)/t11-/m0/s1. The van der Waals surface area contributed by atoms with E-state index in [4.69, 9.17) is 10.4 Å². The first-order chi connectivity index (χ1) is 8.94. The Balaban J connectivity index is 2.65. The Morgan fingerprint density at radius 2 is 2.00 bits per heavy atom. The lowest BCUT2D eigenvalue weighted by atomic mass is 10.1. The molecule has 0 saturated heterocycles. The number of nitrogens with zero attached hydrogens (tertiary/aromatic N) is 1. The molecule has 102 valence electrons. The van der Waals surface area contributed by atoms with E-state index in [1.165, 1.54) is 6.07 Å². The van der Waals surface area contributed by atoms with E-state index in [0.29, 0.717) is 6.42 Å². The third-order valence-corrected chi connectivity index (χ3v) is 3.59. The van der Waals surface area contributed by atoms with Gasteiger partial charge in [0.15, 0.2) is 5.75 Å². The van der Waals surface area contributed by atoms with Crippen LogP contribution in [0, 0.1) is 11.3 Å². The van der Waals surface area contributed by atoms with E-state index in [2.05, 4.69) is 0 Å². The number of carbonyl (C=O) groups is 1. The molecule has 0 aliphatic rings. The molecular formula is C12H14N2O4S. The SMILES string of the molecule is N#CCS(=O)(=O)N[C@@H](CCc1ccccc1)C(=O)O. The molecule has 1 atom stereocenters. The molecule has 0 aromatic heterocycles. The minimum absolute atomic E-state index is 0.129. The maximum absolute atomic E-state index is 11.4. The zero-order valence-corrected chi connectivity index (χ0v) is 10.9. The number of hydrogen-bond acceptors (Lipinski definition) is 4. The van der Waals surface area contributed by atoms with Crippen LogP contribution >= 0.6 is 0 Å². The first-order valence-electron chi connectivity index (χ1n) is 5.58. The minimum Gasteiger partial charge on any atom is -0.480 e. The van der Waals surface area contributed by atoms with Gasteiger partial charge in [-0.3, -0.25) is 4.79 Å². The zero-order valence-electron chi connectivity index (χ0n) is 10.1. The predicted molar refractivity (Wildman–Crippen MR) is 68.7 cm³/mol. The fourth-order valence-electron chi connectivity index (χ4n) is 1.53. The Morgan fingerprint density at radius 3 is 2.53 bits per heavy atom. The second-order valence-electron chi connectivity index (χ2n) is 3.95. The Kier molecular flexibility index (Phi) is 5.48.